The summed E-state index contributed by atoms with van der Waals surface area (Å²) in [6.45, 7) is 9.84. The normalized spacial score (nSPS) is 19.5. The van der Waals surface area contributed by atoms with Crippen LogP contribution >= 0.6 is 0 Å². The van der Waals surface area contributed by atoms with Gasteiger partial charge in [0, 0.05) is 51.5 Å². The zero-order valence-corrected chi connectivity index (χ0v) is 20.2. The van der Waals surface area contributed by atoms with Crippen molar-refractivity contribution in [2.75, 3.05) is 62.2 Å². The third kappa shape index (κ3) is 5.36. The average molecular weight is 461 g/mol. The Kier molecular flexibility index (Phi) is 7.00. The smallest absolute Gasteiger partial charge is 0.224 e. The monoisotopic (exact) mass is 460 g/mol. The van der Waals surface area contributed by atoms with Crippen molar-refractivity contribution in [2.45, 2.75) is 26.2 Å². The molecule has 7 heteroatoms. The van der Waals surface area contributed by atoms with Crippen molar-refractivity contribution in [2.24, 2.45) is 5.92 Å². The maximum atomic E-state index is 12.9. The Morgan fingerprint density at radius 1 is 1.06 bits per heavy atom. The highest BCUT2D eigenvalue weighted by Crippen LogP contribution is 2.24. The van der Waals surface area contributed by atoms with Crippen LogP contribution in [0.25, 0.3) is 11.0 Å². The molecule has 2 saturated heterocycles. The first-order chi connectivity index (χ1) is 16.7. The van der Waals surface area contributed by atoms with Crippen molar-refractivity contribution in [1.82, 2.24) is 20.2 Å². The van der Waals surface area contributed by atoms with Gasteiger partial charge in [-0.3, -0.25) is 9.69 Å². The molecular weight excluding hydrogens is 424 g/mol. The molecule has 0 saturated carbocycles. The number of aromatic amines is 1. The van der Waals surface area contributed by atoms with Crippen molar-refractivity contribution in [1.29, 1.82) is 0 Å². The molecule has 7 nitrogen and oxygen atoms in total. The lowest BCUT2D eigenvalue weighted by Crippen LogP contribution is -2.47. The summed E-state index contributed by atoms with van der Waals surface area (Å²) < 4.78 is 0. The number of piperazine rings is 1. The lowest BCUT2D eigenvalue weighted by molar-refractivity contribution is -0.125. The fraction of sp³-hybridized carbons (Fsp3) is 0.481. The van der Waals surface area contributed by atoms with Crippen LogP contribution in [0.1, 0.15) is 24.8 Å². The molecule has 1 aromatic heterocycles. The number of piperidine rings is 1. The predicted molar refractivity (Wildman–Crippen MR) is 138 cm³/mol. The van der Waals surface area contributed by atoms with Crippen LogP contribution in [0.2, 0.25) is 0 Å². The first kappa shape index (κ1) is 22.7. The van der Waals surface area contributed by atoms with E-state index in [1.807, 2.05) is 0 Å². The van der Waals surface area contributed by atoms with Gasteiger partial charge in [0.05, 0.1) is 17.0 Å². The van der Waals surface area contributed by atoms with Crippen molar-refractivity contribution in [3.8, 4) is 0 Å². The highest BCUT2D eigenvalue weighted by molar-refractivity contribution is 5.80. The molecule has 3 heterocycles. The summed E-state index contributed by atoms with van der Waals surface area (Å²) in [5, 5.41) is 3.20. The molecule has 0 bridgehead atoms. The number of carbonyl (C=O) groups is 1. The van der Waals surface area contributed by atoms with Crippen molar-refractivity contribution >= 4 is 28.6 Å². The summed E-state index contributed by atoms with van der Waals surface area (Å²) in [6, 6.07) is 16.9. The first-order valence-corrected chi connectivity index (χ1v) is 12.7. The quantitative estimate of drug-likeness (QED) is 0.529. The number of nitrogens with one attached hydrogen (secondary N) is 2. The molecule has 2 aliphatic rings. The lowest BCUT2D eigenvalue weighted by Gasteiger charge is -2.36. The molecule has 2 N–H and O–H groups in total. The van der Waals surface area contributed by atoms with E-state index in [2.05, 4.69) is 80.5 Å². The minimum absolute atomic E-state index is 0.0260. The zero-order valence-electron chi connectivity index (χ0n) is 20.2. The van der Waals surface area contributed by atoms with Crippen LogP contribution in [-0.4, -0.2) is 73.1 Å². The standard InChI is InChI=1S/C27H36N6O/c1-21-10-11-24-25(19-21)30-27(29-24)33-14-5-7-22(20-33)26(34)28-12-6-13-31-15-17-32(18-16-31)23-8-3-2-4-9-23/h2-4,8-11,19,22H,5-7,12-18,20H2,1H3,(H,28,34)(H,29,30). The van der Waals surface area contributed by atoms with Crippen molar-refractivity contribution < 1.29 is 4.79 Å². The number of aromatic nitrogens is 2. The van der Waals surface area contributed by atoms with Crippen LogP contribution in [0.15, 0.2) is 48.5 Å². The molecule has 1 amide bonds. The van der Waals surface area contributed by atoms with Crippen LogP contribution in [0.5, 0.6) is 0 Å². The molecule has 2 aromatic carbocycles. The number of amides is 1. The molecular formula is C27H36N6O. The minimum Gasteiger partial charge on any atom is -0.369 e. The summed E-state index contributed by atoms with van der Waals surface area (Å²) in [7, 11) is 0. The molecule has 1 unspecified atom stereocenters. The van der Waals surface area contributed by atoms with Crippen molar-refractivity contribution in [3.05, 3.63) is 54.1 Å². The fourth-order valence-corrected chi connectivity index (χ4v) is 5.17. The number of imidazole rings is 1. The molecule has 0 aliphatic carbocycles. The summed E-state index contributed by atoms with van der Waals surface area (Å²) in [6.07, 6.45) is 2.96. The molecule has 0 radical (unpaired) electrons. The second-order valence-electron chi connectivity index (χ2n) is 9.68. The SMILES string of the molecule is Cc1ccc2nc(N3CCCC(C(=O)NCCCN4CCN(c5ccccc5)CC4)C3)[nH]c2c1. The van der Waals surface area contributed by atoms with Gasteiger partial charge in [-0.15, -0.1) is 0 Å². The van der Waals surface area contributed by atoms with E-state index < -0.39 is 0 Å². The van der Waals surface area contributed by atoms with E-state index >= 15 is 0 Å². The van der Waals surface area contributed by atoms with E-state index in [-0.39, 0.29) is 11.8 Å². The number of carbonyl (C=O) groups excluding carboxylic acids is 1. The van der Waals surface area contributed by atoms with Gasteiger partial charge in [-0.1, -0.05) is 24.3 Å². The Bertz CT molecular complexity index is 1090. The number of benzene rings is 2. The molecule has 3 aromatic rings. The van der Waals surface area contributed by atoms with Gasteiger partial charge >= 0.3 is 0 Å². The number of hydrogen-bond donors (Lipinski definition) is 2. The van der Waals surface area contributed by atoms with Crippen LogP contribution in [-0.2, 0) is 4.79 Å². The second-order valence-corrected chi connectivity index (χ2v) is 9.68. The highest BCUT2D eigenvalue weighted by Gasteiger charge is 2.27. The van der Waals surface area contributed by atoms with Crippen LogP contribution in [0, 0.1) is 12.8 Å². The van der Waals surface area contributed by atoms with Gasteiger partial charge in [-0.25, -0.2) is 4.98 Å². The summed E-state index contributed by atoms with van der Waals surface area (Å²) in [4.78, 5) is 28.2. The van der Waals surface area contributed by atoms with Gasteiger partial charge < -0.3 is 20.1 Å². The van der Waals surface area contributed by atoms with Crippen LogP contribution in [0.3, 0.4) is 0 Å². The minimum atomic E-state index is 0.0260. The number of aryl methyl sites for hydroxylation is 1. The average Bonchev–Trinajstić information content (AvgIpc) is 3.31. The van der Waals surface area contributed by atoms with Gasteiger partial charge in [0.25, 0.3) is 0 Å². The van der Waals surface area contributed by atoms with E-state index in [0.717, 1.165) is 88.6 Å². The molecule has 180 valence electrons. The van der Waals surface area contributed by atoms with E-state index in [9.17, 15) is 4.79 Å². The number of hydrogen-bond acceptors (Lipinski definition) is 5. The van der Waals surface area contributed by atoms with Gasteiger partial charge in [0.1, 0.15) is 0 Å². The Balaban J connectivity index is 1.04. The summed E-state index contributed by atoms with van der Waals surface area (Å²) in [5.74, 6) is 1.09. The number of rotatable bonds is 7. The van der Waals surface area contributed by atoms with E-state index in [0.29, 0.717) is 0 Å². The fourth-order valence-electron chi connectivity index (χ4n) is 5.17. The summed E-state index contributed by atoms with van der Waals surface area (Å²) >= 11 is 0. The number of H-pyrrole nitrogens is 1. The van der Waals surface area contributed by atoms with E-state index in [1.165, 1.54) is 11.3 Å². The van der Waals surface area contributed by atoms with Crippen LogP contribution in [0.4, 0.5) is 11.6 Å². The molecule has 34 heavy (non-hydrogen) atoms. The van der Waals surface area contributed by atoms with Gasteiger partial charge in [-0.05, 0) is 62.6 Å². The zero-order chi connectivity index (χ0) is 23.3. The Morgan fingerprint density at radius 3 is 2.71 bits per heavy atom. The van der Waals surface area contributed by atoms with Crippen molar-refractivity contribution in [3.63, 3.8) is 0 Å². The Morgan fingerprint density at radius 2 is 1.88 bits per heavy atom. The topological polar surface area (TPSA) is 67.5 Å². The van der Waals surface area contributed by atoms with Gasteiger partial charge in [-0.2, -0.15) is 0 Å². The molecule has 0 spiro atoms. The first-order valence-electron chi connectivity index (χ1n) is 12.7. The number of anilines is 2. The molecule has 1 atom stereocenters. The number of para-hydroxylation sites is 1. The Hall–Kier alpha value is -3.06. The van der Waals surface area contributed by atoms with E-state index in [4.69, 9.17) is 4.98 Å². The summed E-state index contributed by atoms with van der Waals surface area (Å²) in [5.41, 5.74) is 4.58. The maximum Gasteiger partial charge on any atom is 0.224 e. The highest BCUT2D eigenvalue weighted by atomic mass is 16.1. The number of fused-ring (bicyclic) bond motifs is 1. The lowest BCUT2D eigenvalue weighted by atomic mass is 9.97. The second kappa shape index (κ2) is 10.5. The molecule has 5 rings (SSSR count). The largest absolute Gasteiger partial charge is 0.369 e. The Labute approximate surface area is 202 Å². The predicted octanol–water partition coefficient (Wildman–Crippen LogP) is 3.42. The maximum absolute atomic E-state index is 12.9. The third-order valence-electron chi connectivity index (χ3n) is 7.16. The van der Waals surface area contributed by atoms with E-state index in [1.54, 1.807) is 0 Å². The number of nitrogens with zero attached hydrogens (tertiary/aromatic N) is 4. The third-order valence-corrected chi connectivity index (χ3v) is 7.16. The molecule has 2 aliphatic heterocycles. The van der Waals surface area contributed by atoms with Crippen LogP contribution < -0.4 is 15.1 Å². The van der Waals surface area contributed by atoms with Gasteiger partial charge in [0.15, 0.2) is 0 Å². The molecule has 2 fully saturated rings. The van der Waals surface area contributed by atoms with Gasteiger partial charge in [0.2, 0.25) is 11.9 Å².